The Labute approximate surface area is 200 Å². The Bertz CT molecular complexity index is 728. The van der Waals surface area contributed by atoms with Crippen LogP contribution in [0.1, 0.15) is 52.4 Å². The van der Waals surface area contributed by atoms with Crippen LogP contribution >= 0.6 is 31.9 Å². The maximum absolute atomic E-state index is 13.5. The van der Waals surface area contributed by atoms with Crippen molar-refractivity contribution >= 4 is 43.8 Å². The first kappa shape index (κ1) is 22.6. The van der Waals surface area contributed by atoms with Crippen LogP contribution in [0.3, 0.4) is 0 Å². The van der Waals surface area contributed by atoms with Gasteiger partial charge in [-0.25, -0.2) is 0 Å². The van der Waals surface area contributed by atoms with Crippen molar-refractivity contribution in [1.82, 2.24) is 0 Å². The molecule has 0 aromatic heterocycles. The minimum absolute atomic E-state index is 0.00540. The molecule has 5 aliphatic rings. The maximum Gasteiger partial charge on any atom is 0.323 e. The molecule has 5 fully saturated rings. The highest BCUT2D eigenvalue weighted by Crippen LogP contribution is 2.74. The van der Waals surface area contributed by atoms with Crippen LogP contribution in [-0.2, 0) is 28.5 Å². The summed E-state index contributed by atoms with van der Waals surface area (Å²) in [6, 6.07) is 0. The normalized spacial score (nSPS) is 40.9. The number of halogens is 2. The van der Waals surface area contributed by atoms with Gasteiger partial charge in [0.25, 0.3) is 0 Å². The van der Waals surface area contributed by atoms with Gasteiger partial charge in [-0.1, -0.05) is 31.9 Å². The van der Waals surface area contributed by atoms with Crippen LogP contribution in [0.15, 0.2) is 0 Å². The average molecular weight is 564 g/mol. The fraction of sp³-hybridized carbons (Fsp3) is 0.913. The first-order chi connectivity index (χ1) is 14.8. The molecule has 0 aromatic carbocycles. The third-order valence-electron chi connectivity index (χ3n) is 8.80. The van der Waals surface area contributed by atoms with Gasteiger partial charge < -0.3 is 18.9 Å². The van der Waals surface area contributed by atoms with E-state index in [4.69, 9.17) is 18.9 Å². The van der Waals surface area contributed by atoms with Gasteiger partial charge in [0.05, 0.1) is 29.7 Å². The number of esters is 2. The van der Waals surface area contributed by atoms with Crippen molar-refractivity contribution in [3.63, 3.8) is 0 Å². The number of hydrogen-bond acceptors (Lipinski definition) is 6. The summed E-state index contributed by atoms with van der Waals surface area (Å²) < 4.78 is 23.4. The van der Waals surface area contributed by atoms with E-state index in [-0.39, 0.29) is 28.3 Å². The molecular formula is C23H32Br2O6. The van der Waals surface area contributed by atoms with E-state index in [2.05, 4.69) is 31.9 Å². The molecule has 5 rings (SSSR count). The van der Waals surface area contributed by atoms with Crippen LogP contribution in [0.2, 0.25) is 0 Å². The molecule has 1 saturated heterocycles. The predicted molar refractivity (Wildman–Crippen MR) is 120 cm³/mol. The smallest absolute Gasteiger partial charge is 0.323 e. The molecule has 174 valence electrons. The van der Waals surface area contributed by atoms with E-state index in [0.29, 0.717) is 49.7 Å². The predicted octanol–water partition coefficient (Wildman–Crippen LogP) is 4.42. The Balaban J connectivity index is 1.60. The lowest BCUT2D eigenvalue weighted by Gasteiger charge is -2.37. The minimum atomic E-state index is -1.30. The van der Waals surface area contributed by atoms with Crippen molar-refractivity contribution in [2.24, 2.45) is 40.9 Å². The van der Waals surface area contributed by atoms with E-state index in [0.717, 1.165) is 25.7 Å². The van der Waals surface area contributed by atoms with Crippen molar-refractivity contribution in [3.8, 4) is 0 Å². The monoisotopic (exact) mass is 562 g/mol. The Kier molecular flexibility index (Phi) is 5.80. The quantitative estimate of drug-likeness (QED) is 0.286. The van der Waals surface area contributed by atoms with Gasteiger partial charge in [0.15, 0.2) is 11.2 Å². The van der Waals surface area contributed by atoms with Gasteiger partial charge in [-0.3, -0.25) is 9.59 Å². The first-order valence-corrected chi connectivity index (χ1v) is 13.4. The molecule has 0 bridgehead atoms. The molecule has 31 heavy (non-hydrogen) atoms. The molecule has 0 amide bonds. The summed E-state index contributed by atoms with van der Waals surface area (Å²) in [4.78, 5) is 27.0. The number of alkyl halides is 2. The van der Waals surface area contributed by atoms with Gasteiger partial charge in [0, 0.05) is 12.3 Å². The highest BCUT2D eigenvalue weighted by atomic mass is 79.9. The molecule has 0 aromatic rings. The molecule has 2 unspecified atom stereocenters. The van der Waals surface area contributed by atoms with E-state index in [9.17, 15) is 9.59 Å². The molecule has 1 spiro atoms. The lowest BCUT2D eigenvalue weighted by atomic mass is 9.68. The summed E-state index contributed by atoms with van der Waals surface area (Å²) in [6.45, 7) is 5.21. The zero-order valence-corrected chi connectivity index (χ0v) is 21.4. The average Bonchev–Trinajstić information content (AvgIpc) is 3.03. The zero-order valence-electron chi connectivity index (χ0n) is 18.2. The van der Waals surface area contributed by atoms with Crippen molar-refractivity contribution in [2.45, 2.75) is 61.4 Å². The zero-order chi connectivity index (χ0) is 22.0. The lowest BCUT2D eigenvalue weighted by molar-refractivity contribution is -0.200. The van der Waals surface area contributed by atoms with Gasteiger partial charge in [-0.2, -0.15) is 0 Å². The van der Waals surface area contributed by atoms with Crippen molar-refractivity contribution < 1.29 is 28.5 Å². The molecule has 4 aliphatic carbocycles. The molecule has 6 nitrogen and oxygen atoms in total. The Hall–Kier alpha value is -0.180. The van der Waals surface area contributed by atoms with Crippen LogP contribution in [0.25, 0.3) is 0 Å². The summed E-state index contributed by atoms with van der Waals surface area (Å²) >= 11 is 7.81. The minimum Gasteiger partial charge on any atom is -0.465 e. The molecule has 6 atom stereocenters. The second-order valence-electron chi connectivity index (χ2n) is 9.96. The van der Waals surface area contributed by atoms with Gasteiger partial charge in [0.2, 0.25) is 0 Å². The van der Waals surface area contributed by atoms with Gasteiger partial charge in [-0.05, 0) is 75.5 Å². The second kappa shape index (κ2) is 7.95. The lowest BCUT2D eigenvalue weighted by Crippen LogP contribution is -2.47. The summed E-state index contributed by atoms with van der Waals surface area (Å²) in [7, 11) is 0. The SMILES string of the molecule is CCOC(=O)C1(C(=O)OCC)C[C@H]2C3C(CC[C@@H]2[C@@H]2CCC4(OCCO4)[C@H]2C1)C3(Br)Br. The molecular weight excluding hydrogens is 532 g/mol. The molecule has 8 heteroatoms. The summed E-state index contributed by atoms with van der Waals surface area (Å²) in [5.41, 5.74) is -1.30. The van der Waals surface area contributed by atoms with E-state index < -0.39 is 23.1 Å². The van der Waals surface area contributed by atoms with Gasteiger partial charge >= 0.3 is 11.9 Å². The number of ether oxygens (including phenoxy) is 4. The van der Waals surface area contributed by atoms with Crippen molar-refractivity contribution in [1.29, 1.82) is 0 Å². The van der Waals surface area contributed by atoms with Crippen LogP contribution in [0.5, 0.6) is 0 Å². The molecule has 1 aliphatic heterocycles. The Morgan fingerprint density at radius 3 is 2.13 bits per heavy atom. The van der Waals surface area contributed by atoms with Crippen LogP contribution in [-0.4, -0.2) is 47.4 Å². The highest BCUT2D eigenvalue weighted by molar-refractivity contribution is 9.25. The molecule has 1 heterocycles. The second-order valence-corrected chi connectivity index (χ2v) is 13.6. The van der Waals surface area contributed by atoms with E-state index in [1.54, 1.807) is 13.8 Å². The van der Waals surface area contributed by atoms with Crippen LogP contribution < -0.4 is 0 Å². The number of rotatable bonds is 4. The summed E-state index contributed by atoms with van der Waals surface area (Å²) in [5.74, 6) is 0.441. The molecule has 0 radical (unpaired) electrons. The fourth-order valence-electron chi connectivity index (χ4n) is 7.58. The molecule has 4 saturated carbocycles. The van der Waals surface area contributed by atoms with E-state index in [1.165, 1.54) is 0 Å². The number of fused-ring (bicyclic) bond motifs is 6. The maximum atomic E-state index is 13.5. The fourth-order valence-corrected chi connectivity index (χ4v) is 9.66. The van der Waals surface area contributed by atoms with E-state index >= 15 is 0 Å². The van der Waals surface area contributed by atoms with Gasteiger partial charge in [0.1, 0.15) is 0 Å². The summed E-state index contributed by atoms with van der Waals surface area (Å²) in [6.07, 6.45) is 4.99. The Morgan fingerprint density at radius 2 is 1.52 bits per heavy atom. The highest BCUT2D eigenvalue weighted by Gasteiger charge is 2.72. The largest absolute Gasteiger partial charge is 0.465 e. The number of hydrogen-bond donors (Lipinski definition) is 0. The number of carbonyl (C=O) groups excluding carboxylic acids is 2. The van der Waals surface area contributed by atoms with Gasteiger partial charge in [-0.15, -0.1) is 0 Å². The van der Waals surface area contributed by atoms with E-state index in [1.807, 2.05) is 0 Å². The molecule has 0 N–H and O–H groups in total. The summed E-state index contributed by atoms with van der Waals surface area (Å²) in [5, 5.41) is 0. The van der Waals surface area contributed by atoms with Crippen LogP contribution in [0, 0.1) is 40.9 Å². The van der Waals surface area contributed by atoms with Crippen molar-refractivity contribution in [3.05, 3.63) is 0 Å². The Morgan fingerprint density at radius 1 is 0.871 bits per heavy atom. The first-order valence-electron chi connectivity index (χ1n) is 11.8. The topological polar surface area (TPSA) is 71.1 Å². The van der Waals surface area contributed by atoms with Crippen molar-refractivity contribution in [2.75, 3.05) is 26.4 Å². The third kappa shape index (κ3) is 3.28. The standard InChI is InChI=1S/C23H32Br2O6/c1-3-28-19(26)21(20(27)29-4-2)11-15-13(5-6-16-18(15)23(16,24)25)14-7-8-22(17(14)12-21)30-9-10-31-22/h13-18H,3-12H2,1-2H3/t13-,14+,15-,16?,17+,18?/m1/s1. The number of carbonyl (C=O) groups is 2. The third-order valence-corrected chi connectivity index (χ3v) is 11.0. The van der Waals surface area contributed by atoms with Crippen LogP contribution in [0.4, 0.5) is 0 Å².